The van der Waals surface area contributed by atoms with Crippen LogP contribution in [0.4, 0.5) is 4.79 Å². The molecule has 0 bridgehead atoms. The van der Waals surface area contributed by atoms with Gasteiger partial charge in [-0.25, -0.2) is 4.79 Å². The van der Waals surface area contributed by atoms with Gasteiger partial charge in [-0.1, -0.05) is 55.3 Å². The van der Waals surface area contributed by atoms with Crippen molar-refractivity contribution in [3.63, 3.8) is 0 Å². The van der Waals surface area contributed by atoms with E-state index >= 15 is 0 Å². The number of fused-ring (bicyclic) bond motifs is 4. The molecule has 6 nitrogen and oxygen atoms in total. The highest BCUT2D eigenvalue weighted by Crippen LogP contribution is 2.45. The third kappa shape index (κ3) is 3.56. The fraction of sp³-hybridized carbons (Fsp3) is 0.241. The molecule has 1 aromatic heterocycles. The van der Waals surface area contributed by atoms with Gasteiger partial charge >= 0.3 is 6.03 Å². The Hall–Kier alpha value is -3.77. The zero-order valence-corrected chi connectivity index (χ0v) is 20.6. The number of benzene rings is 3. The zero-order chi connectivity index (χ0) is 25.0. The van der Waals surface area contributed by atoms with Crippen LogP contribution in [0, 0.1) is 0 Å². The van der Waals surface area contributed by atoms with Gasteiger partial charge in [0.1, 0.15) is 17.8 Å². The van der Waals surface area contributed by atoms with Gasteiger partial charge in [0.15, 0.2) is 0 Å². The number of halogens is 1. The first-order valence-corrected chi connectivity index (χ1v) is 12.7. The number of aromatic hydroxyl groups is 1. The maximum absolute atomic E-state index is 13.6. The van der Waals surface area contributed by atoms with Crippen LogP contribution in [-0.2, 0) is 11.2 Å². The average molecular weight is 500 g/mol. The van der Waals surface area contributed by atoms with Gasteiger partial charge in [0.25, 0.3) is 5.91 Å². The molecule has 182 valence electrons. The standard InChI is InChI=1S/C29H26ClN3O3/c1-2-3-13-32-28(35)25-16-23-22-15-18(17-7-10-20(30)11-8-17)9-12-24(22)31-26(23)27(33(25)29(32)36)19-5-4-6-21(34)14-19/h4-12,14-15,25,27,31,34H,2-3,13,16H2,1H3/t25-,27+/m0/s1. The van der Waals surface area contributed by atoms with Gasteiger partial charge in [-0.2, -0.15) is 0 Å². The topological polar surface area (TPSA) is 76.6 Å². The van der Waals surface area contributed by atoms with Crippen molar-refractivity contribution in [3.8, 4) is 16.9 Å². The normalized spacial score (nSPS) is 19.2. The summed E-state index contributed by atoms with van der Waals surface area (Å²) >= 11 is 6.09. The van der Waals surface area contributed by atoms with Crippen LogP contribution in [0.25, 0.3) is 22.0 Å². The minimum Gasteiger partial charge on any atom is -0.508 e. The smallest absolute Gasteiger partial charge is 0.328 e. The number of unbranched alkanes of at least 4 members (excludes halogenated alkanes) is 1. The molecule has 2 N–H and O–H groups in total. The molecule has 0 unspecified atom stereocenters. The molecular formula is C29H26ClN3O3. The second kappa shape index (κ2) is 8.71. The van der Waals surface area contributed by atoms with Crippen molar-refractivity contribution >= 4 is 34.4 Å². The number of aromatic amines is 1. The lowest BCUT2D eigenvalue weighted by Crippen LogP contribution is -2.44. The number of nitrogens with zero attached hydrogens (tertiary/aromatic N) is 2. The Kier molecular flexibility index (Phi) is 5.49. The number of H-pyrrole nitrogens is 1. The number of carbonyl (C=O) groups excluding carboxylic acids is 2. The number of nitrogens with one attached hydrogen (secondary N) is 1. The Labute approximate surface area is 214 Å². The molecule has 3 aromatic carbocycles. The van der Waals surface area contributed by atoms with Crippen molar-refractivity contribution in [2.75, 3.05) is 6.54 Å². The van der Waals surface area contributed by atoms with Gasteiger partial charge in [0.2, 0.25) is 0 Å². The quantitative estimate of drug-likeness (QED) is 0.317. The minimum absolute atomic E-state index is 0.123. The van der Waals surface area contributed by atoms with Crippen molar-refractivity contribution in [3.05, 3.63) is 88.6 Å². The molecule has 2 aliphatic rings. The first-order valence-electron chi connectivity index (χ1n) is 12.3. The van der Waals surface area contributed by atoms with Crippen LogP contribution in [0.1, 0.15) is 42.6 Å². The van der Waals surface area contributed by atoms with E-state index in [-0.39, 0.29) is 17.7 Å². The fourth-order valence-corrected chi connectivity index (χ4v) is 5.69. The van der Waals surface area contributed by atoms with Crippen LogP contribution in [-0.4, -0.2) is 44.4 Å². The summed E-state index contributed by atoms with van der Waals surface area (Å²) < 4.78 is 0. The monoisotopic (exact) mass is 499 g/mol. The van der Waals surface area contributed by atoms with Gasteiger partial charge < -0.3 is 10.1 Å². The van der Waals surface area contributed by atoms with E-state index in [1.165, 1.54) is 4.90 Å². The summed E-state index contributed by atoms with van der Waals surface area (Å²) in [5, 5.41) is 12.0. The first kappa shape index (κ1) is 22.7. The Morgan fingerprint density at radius 3 is 2.56 bits per heavy atom. The lowest BCUT2D eigenvalue weighted by atomic mass is 9.88. The number of aromatic nitrogens is 1. The number of phenols is 1. The van der Waals surface area contributed by atoms with Crippen molar-refractivity contribution in [2.45, 2.75) is 38.3 Å². The fourth-order valence-electron chi connectivity index (χ4n) is 5.56. The largest absolute Gasteiger partial charge is 0.508 e. The lowest BCUT2D eigenvalue weighted by Gasteiger charge is -2.36. The third-order valence-corrected chi connectivity index (χ3v) is 7.58. The summed E-state index contributed by atoms with van der Waals surface area (Å²) in [4.78, 5) is 33.7. The predicted molar refractivity (Wildman–Crippen MR) is 140 cm³/mol. The minimum atomic E-state index is -0.576. The summed E-state index contributed by atoms with van der Waals surface area (Å²) in [5.41, 5.74) is 5.75. The van der Waals surface area contributed by atoms with E-state index in [0.717, 1.165) is 51.7 Å². The Balaban J connectivity index is 1.51. The van der Waals surface area contributed by atoms with Crippen LogP contribution >= 0.6 is 11.6 Å². The number of carbonyl (C=O) groups is 2. The SMILES string of the molecule is CCCCN1C(=O)[C@@H]2Cc3c([nH]c4ccc(-c5ccc(Cl)cc5)cc34)[C@@H](c3cccc(O)c3)N2C1=O. The molecule has 4 aromatic rings. The molecule has 2 atom stereocenters. The number of urea groups is 1. The van der Waals surface area contributed by atoms with Crippen molar-refractivity contribution in [1.82, 2.24) is 14.8 Å². The van der Waals surface area contributed by atoms with Gasteiger partial charge in [0.05, 0.1) is 0 Å². The molecule has 36 heavy (non-hydrogen) atoms. The maximum atomic E-state index is 13.6. The van der Waals surface area contributed by atoms with E-state index < -0.39 is 12.1 Å². The lowest BCUT2D eigenvalue weighted by molar-refractivity contribution is -0.128. The summed E-state index contributed by atoms with van der Waals surface area (Å²) in [7, 11) is 0. The summed E-state index contributed by atoms with van der Waals surface area (Å²) in [6, 6.07) is 19.6. The highest BCUT2D eigenvalue weighted by Gasteiger charge is 2.52. The molecule has 0 radical (unpaired) electrons. The Bertz CT molecular complexity index is 1490. The Morgan fingerprint density at radius 2 is 1.81 bits per heavy atom. The number of hydrogen-bond donors (Lipinski definition) is 2. The predicted octanol–water partition coefficient (Wildman–Crippen LogP) is 6.27. The molecule has 3 amide bonds. The summed E-state index contributed by atoms with van der Waals surface area (Å²) in [6.45, 7) is 2.46. The number of rotatable bonds is 5. The van der Waals surface area contributed by atoms with E-state index in [4.69, 9.17) is 11.6 Å². The number of amides is 3. The van der Waals surface area contributed by atoms with Gasteiger partial charge in [0, 0.05) is 34.6 Å². The van der Waals surface area contributed by atoms with Crippen LogP contribution in [0.15, 0.2) is 66.7 Å². The second-order valence-corrected chi connectivity index (χ2v) is 9.97. The highest BCUT2D eigenvalue weighted by atomic mass is 35.5. The van der Waals surface area contributed by atoms with E-state index in [9.17, 15) is 14.7 Å². The molecule has 0 saturated carbocycles. The number of hydrogen-bond acceptors (Lipinski definition) is 3. The highest BCUT2D eigenvalue weighted by molar-refractivity contribution is 6.30. The van der Waals surface area contributed by atoms with Crippen molar-refractivity contribution < 1.29 is 14.7 Å². The van der Waals surface area contributed by atoms with Crippen LogP contribution in [0.3, 0.4) is 0 Å². The summed E-state index contributed by atoms with van der Waals surface area (Å²) in [5.74, 6) is -0.0226. The van der Waals surface area contributed by atoms with Gasteiger partial charge in [-0.15, -0.1) is 0 Å². The van der Waals surface area contributed by atoms with Crippen molar-refractivity contribution in [1.29, 1.82) is 0 Å². The number of phenolic OH excluding ortho intramolecular Hbond substituents is 1. The Morgan fingerprint density at radius 1 is 1.03 bits per heavy atom. The van der Waals surface area contributed by atoms with Gasteiger partial charge in [-0.3, -0.25) is 14.6 Å². The molecule has 7 heteroatoms. The average Bonchev–Trinajstić information content (AvgIpc) is 3.36. The van der Waals surface area contributed by atoms with Crippen LogP contribution in [0.5, 0.6) is 5.75 Å². The van der Waals surface area contributed by atoms with E-state index in [1.54, 1.807) is 23.1 Å². The molecular weight excluding hydrogens is 474 g/mol. The molecule has 1 fully saturated rings. The van der Waals surface area contributed by atoms with Crippen LogP contribution in [0.2, 0.25) is 5.02 Å². The van der Waals surface area contributed by atoms with E-state index in [2.05, 4.69) is 17.1 Å². The van der Waals surface area contributed by atoms with E-state index in [1.807, 2.05) is 43.3 Å². The van der Waals surface area contributed by atoms with Crippen molar-refractivity contribution in [2.24, 2.45) is 0 Å². The third-order valence-electron chi connectivity index (χ3n) is 7.33. The molecule has 2 aliphatic heterocycles. The maximum Gasteiger partial charge on any atom is 0.328 e. The number of imide groups is 1. The molecule has 0 aliphatic carbocycles. The molecule has 6 rings (SSSR count). The molecule has 3 heterocycles. The molecule has 1 saturated heterocycles. The second-order valence-electron chi connectivity index (χ2n) is 9.54. The first-order chi connectivity index (χ1) is 17.5. The van der Waals surface area contributed by atoms with E-state index in [0.29, 0.717) is 18.0 Å². The van der Waals surface area contributed by atoms with Gasteiger partial charge in [-0.05, 0) is 65.1 Å². The zero-order valence-electron chi connectivity index (χ0n) is 19.9. The molecule has 0 spiro atoms. The van der Waals surface area contributed by atoms with Crippen LogP contribution < -0.4 is 0 Å². The summed E-state index contributed by atoms with van der Waals surface area (Å²) in [6.07, 6.45) is 2.12.